The molecule has 0 unspecified atom stereocenters. The molecule has 6 heteroatoms. The Morgan fingerprint density at radius 3 is 2.71 bits per heavy atom. The second-order valence-corrected chi connectivity index (χ2v) is 5.07. The van der Waals surface area contributed by atoms with Gasteiger partial charge in [-0.05, 0) is 40.2 Å². The smallest absolute Gasteiger partial charge is 0.266 e. The van der Waals surface area contributed by atoms with Crippen LogP contribution in [0.1, 0.15) is 0 Å². The van der Waals surface area contributed by atoms with Gasteiger partial charge in [-0.2, -0.15) is 0 Å². The summed E-state index contributed by atoms with van der Waals surface area (Å²) in [6, 6.07) is 2.49. The Morgan fingerprint density at radius 2 is 2.05 bits per heavy atom. The minimum absolute atomic E-state index is 0.0353. The van der Waals surface area contributed by atoms with Gasteiger partial charge in [-0.25, -0.2) is 0 Å². The van der Waals surface area contributed by atoms with E-state index in [-0.39, 0.29) is 22.6 Å². The number of hydrogen-bond donors (Lipinski definition) is 3. The average molecular weight is 350 g/mol. The van der Waals surface area contributed by atoms with E-state index < -0.39 is 5.56 Å². The SMILES string of the molecule is C=C/C(O)=C\C=C\n1cc(Br)c2cc(O)cc(O)c2c1=O. The summed E-state index contributed by atoms with van der Waals surface area (Å²) in [6.07, 6.45) is 7.03. The first-order chi connectivity index (χ1) is 9.93. The fourth-order valence-electron chi connectivity index (χ4n) is 1.82. The fourth-order valence-corrected chi connectivity index (χ4v) is 2.35. The molecule has 0 atom stereocenters. The van der Waals surface area contributed by atoms with Gasteiger partial charge in [-0.3, -0.25) is 9.36 Å². The number of pyridine rings is 1. The highest BCUT2D eigenvalue weighted by molar-refractivity contribution is 9.10. The summed E-state index contributed by atoms with van der Waals surface area (Å²) in [6.45, 7) is 3.39. The summed E-state index contributed by atoms with van der Waals surface area (Å²) in [7, 11) is 0. The summed E-state index contributed by atoms with van der Waals surface area (Å²) >= 11 is 3.29. The Morgan fingerprint density at radius 1 is 1.33 bits per heavy atom. The first-order valence-corrected chi connectivity index (χ1v) is 6.69. The zero-order chi connectivity index (χ0) is 15.6. The average Bonchev–Trinajstić information content (AvgIpc) is 2.43. The van der Waals surface area contributed by atoms with Crippen molar-refractivity contribution in [1.82, 2.24) is 4.57 Å². The summed E-state index contributed by atoms with van der Waals surface area (Å²) in [4.78, 5) is 12.3. The van der Waals surface area contributed by atoms with Crippen LogP contribution in [0.5, 0.6) is 11.5 Å². The third-order valence-corrected chi connectivity index (χ3v) is 3.42. The van der Waals surface area contributed by atoms with E-state index in [2.05, 4.69) is 22.5 Å². The van der Waals surface area contributed by atoms with Gasteiger partial charge in [0.2, 0.25) is 0 Å². The Kier molecular flexibility index (Phi) is 4.18. The molecule has 1 aromatic carbocycles. The first-order valence-electron chi connectivity index (χ1n) is 5.90. The molecule has 2 aromatic rings. The van der Waals surface area contributed by atoms with Crippen LogP contribution in [0.3, 0.4) is 0 Å². The molecule has 0 spiro atoms. The van der Waals surface area contributed by atoms with Gasteiger partial charge in [-0.15, -0.1) is 0 Å². The van der Waals surface area contributed by atoms with Crippen LogP contribution in [0.2, 0.25) is 0 Å². The predicted molar refractivity (Wildman–Crippen MR) is 85.5 cm³/mol. The molecular weight excluding hydrogens is 338 g/mol. The number of allylic oxidation sites excluding steroid dienone is 3. The lowest BCUT2D eigenvalue weighted by Gasteiger charge is -2.07. The molecule has 5 nitrogen and oxygen atoms in total. The van der Waals surface area contributed by atoms with Crippen LogP contribution in [0, 0.1) is 0 Å². The van der Waals surface area contributed by atoms with E-state index in [0.717, 1.165) is 6.07 Å². The summed E-state index contributed by atoms with van der Waals surface area (Å²) in [5, 5.41) is 29.1. The molecule has 0 aliphatic rings. The van der Waals surface area contributed by atoms with Crippen LogP contribution in [-0.2, 0) is 0 Å². The normalized spacial score (nSPS) is 12.1. The van der Waals surface area contributed by atoms with Gasteiger partial charge in [0.15, 0.2) is 0 Å². The first kappa shape index (κ1) is 14.9. The van der Waals surface area contributed by atoms with Crippen molar-refractivity contribution in [2.45, 2.75) is 0 Å². The standard InChI is InChI=1S/C15H12BrNO4/c1-2-9(18)4-3-5-17-8-12(16)11-6-10(19)7-13(20)14(11)15(17)21/h2-8,18-20H,1H2/b5-3+,9-4+. The molecule has 0 radical (unpaired) electrons. The highest BCUT2D eigenvalue weighted by atomic mass is 79.9. The van der Waals surface area contributed by atoms with Crippen molar-refractivity contribution in [3.05, 3.63) is 63.7 Å². The highest BCUT2D eigenvalue weighted by Crippen LogP contribution is 2.31. The van der Waals surface area contributed by atoms with Crippen LogP contribution in [0.15, 0.2) is 58.2 Å². The summed E-state index contributed by atoms with van der Waals surface area (Å²) in [5.41, 5.74) is -0.451. The second-order valence-electron chi connectivity index (χ2n) is 4.21. The lowest BCUT2D eigenvalue weighted by atomic mass is 10.1. The molecule has 108 valence electrons. The van der Waals surface area contributed by atoms with Crippen LogP contribution in [-0.4, -0.2) is 19.9 Å². The van der Waals surface area contributed by atoms with E-state index in [1.165, 1.54) is 41.3 Å². The molecular formula is C15H12BrNO4. The van der Waals surface area contributed by atoms with Gasteiger partial charge in [0.05, 0.1) is 5.39 Å². The third kappa shape index (κ3) is 3.00. The number of rotatable bonds is 3. The Hall–Kier alpha value is -2.47. The number of phenols is 2. The molecule has 0 bridgehead atoms. The van der Waals surface area contributed by atoms with Gasteiger partial charge in [0.1, 0.15) is 17.3 Å². The van der Waals surface area contributed by atoms with E-state index in [1.807, 2.05) is 0 Å². The van der Waals surface area contributed by atoms with E-state index in [9.17, 15) is 20.1 Å². The maximum atomic E-state index is 12.3. The lowest BCUT2D eigenvalue weighted by molar-refractivity contribution is 0.433. The molecule has 0 saturated heterocycles. The monoisotopic (exact) mass is 349 g/mol. The zero-order valence-corrected chi connectivity index (χ0v) is 12.4. The van der Waals surface area contributed by atoms with Crippen molar-refractivity contribution < 1.29 is 15.3 Å². The Labute approximate surface area is 128 Å². The zero-order valence-electron chi connectivity index (χ0n) is 10.8. The summed E-state index contributed by atoms with van der Waals surface area (Å²) < 4.78 is 1.78. The van der Waals surface area contributed by atoms with Crippen molar-refractivity contribution in [3.63, 3.8) is 0 Å². The number of aromatic nitrogens is 1. The minimum atomic E-state index is -0.451. The molecule has 0 saturated carbocycles. The largest absolute Gasteiger partial charge is 0.508 e. The van der Waals surface area contributed by atoms with E-state index >= 15 is 0 Å². The molecule has 1 heterocycles. The predicted octanol–water partition coefficient (Wildman–Crippen LogP) is 3.27. The van der Waals surface area contributed by atoms with Gasteiger partial charge in [0.25, 0.3) is 5.56 Å². The summed E-state index contributed by atoms with van der Waals surface area (Å²) in [5.74, 6) is -0.470. The van der Waals surface area contributed by atoms with Crippen LogP contribution < -0.4 is 5.56 Å². The van der Waals surface area contributed by atoms with E-state index in [4.69, 9.17) is 0 Å². The van der Waals surface area contributed by atoms with Crippen molar-refractivity contribution in [1.29, 1.82) is 0 Å². The number of phenolic OH excluding ortho intramolecular Hbond substituents is 2. The molecule has 0 aliphatic heterocycles. The second kappa shape index (κ2) is 5.88. The fraction of sp³-hybridized carbons (Fsp3) is 0. The van der Waals surface area contributed by atoms with E-state index in [1.54, 1.807) is 0 Å². The van der Waals surface area contributed by atoms with Crippen molar-refractivity contribution in [2.75, 3.05) is 0 Å². The molecule has 2 rings (SSSR count). The number of aromatic hydroxyl groups is 2. The number of halogens is 1. The van der Waals surface area contributed by atoms with Gasteiger partial charge in [-0.1, -0.05) is 6.58 Å². The van der Waals surface area contributed by atoms with Gasteiger partial charge < -0.3 is 15.3 Å². The number of aliphatic hydroxyl groups is 1. The lowest BCUT2D eigenvalue weighted by Crippen LogP contribution is -2.15. The third-order valence-electron chi connectivity index (χ3n) is 2.78. The van der Waals surface area contributed by atoms with Gasteiger partial charge >= 0.3 is 0 Å². The number of nitrogens with zero attached hydrogens (tertiary/aromatic N) is 1. The highest BCUT2D eigenvalue weighted by Gasteiger charge is 2.11. The number of aliphatic hydroxyl groups excluding tert-OH is 1. The molecule has 1 aromatic heterocycles. The van der Waals surface area contributed by atoms with Crippen LogP contribution in [0.25, 0.3) is 17.0 Å². The molecule has 0 aliphatic carbocycles. The van der Waals surface area contributed by atoms with Crippen molar-refractivity contribution in [2.24, 2.45) is 0 Å². The van der Waals surface area contributed by atoms with E-state index in [0.29, 0.717) is 9.86 Å². The maximum Gasteiger partial charge on any atom is 0.266 e. The Balaban J connectivity index is 2.66. The quantitative estimate of drug-likeness (QED) is 0.586. The molecule has 0 fully saturated rings. The minimum Gasteiger partial charge on any atom is -0.508 e. The number of fused-ring (bicyclic) bond motifs is 1. The van der Waals surface area contributed by atoms with Crippen LogP contribution >= 0.6 is 15.9 Å². The molecule has 21 heavy (non-hydrogen) atoms. The molecule has 3 N–H and O–H groups in total. The number of hydrogen-bond acceptors (Lipinski definition) is 4. The Bertz CT molecular complexity index is 834. The van der Waals surface area contributed by atoms with Crippen LogP contribution in [0.4, 0.5) is 0 Å². The topological polar surface area (TPSA) is 82.7 Å². The maximum absolute atomic E-state index is 12.3. The van der Waals surface area contributed by atoms with Crippen molar-refractivity contribution >= 4 is 32.9 Å². The van der Waals surface area contributed by atoms with Crippen molar-refractivity contribution in [3.8, 4) is 11.5 Å². The molecule has 0 amide bonds. The number of benzene rings is 1. The van der Waals surface area contributed by atoms with Gasteiger partial charge in [0, 0.05) is 28.3 Å².